The van der Waals surface area contributed by atoms with E-state index < -0.39 is 0 Å². The van der Waals surface area contributed by atoms with Crippen LogP contribution in [0.3, 0.4) is 0 Å². The van der Waals surface area contributed by atoms with Crippen LogP contribution in [0.15, 0.2) is 65.7 Å². The molecule has 0 aromatic heterocycles. The van der Waals surface area contributed by atoms with Gasteiger partial charge in [0.2, 0.25) is 0 Å². The van der Waals surface area contributed by atoms with Crippen LogP contribution >= 0.6 is 0 Å². The van der Waals surface area contributed by atoms with Crippen molar-refractivity contribution >= 4 is 16.7 Å². The van der Waals surface area contributed by atoms with E-state index in [0.29, 0.717) is 17.1 Å². The summed E-state index contributed by atoms with van der Waals surface area (Å²) in [5.74, 6) is 0.219. The first-order chi connectivity index (χ1) is 13.1. The first-order valence-corrected chi connectivity index (χ1v) is 8.75. The second kappa shape index (κ2) is 8.33. The van der Waals surface area contributed by atoms with Crippen LogP contribution in [0.25, 0.3) is 10.8 Å². The first-order valence-electron chi connectivity index (χ1n) is 8.75. The van der Waals surface area contributed by atoms with E-state index in [4.69, 9.17) is 5.26 Å². The molecule has 136 valence electrons. The van der Waals surface area contributed by atoms with Crippen LogP contribution in [0.2, 0.25) is 0 Å². The van der Waals surface area contributed by atoms with Crippen LogP contribution < -0.4 is 10.6 Å². The summed E-state index contributed by atoms with van der Waals surface area (Å²) in [6.07, 6.45) is 0. The summed E-state index contributed by atoms with van der Waals surface area (Å²) in [5, 5.41) is 17.8. The Kier molecular flexibility index (Phi) is 5.68. The molecule has 0 bridgehead atoms. The summed E-state index contributed by atoms with van der Waals surface area (Å²) in [4.78, 5) is 4.23. The Morgan fingerprint density at radius 2 is 1.93 bits per heavy atom. The van der Waals surface area contributed by atoms with Crippen LogP contribution in [0, 0.1) is 17.1 Å². The molecule has 0 aliphatic carbocycles. The zero-order chi connectivity index (χ0) is 19.2. The summed E-state index contributed by atoms with van der Waals surface area (Å²) in [5.41, 5.74) is 2.02. The predicted molar refractivity (Wildman–Crippen MR) is 107 cm³/mol. The number of aliphatic imine (C=N–C) groups is 1. The van der Waals surface area contributed by atoms with E-state index >= 15 is 0 Å². The third-order valence-corrected chi connectivity index (χ3v) is 4.49. The van der Waals surface area contributed by atoms with Crippen LogP contribution in [0.5, 0.6) is 0 Å². The highest BCUT2D eigenvalue weighted by Crippen LogP contribution is 2.24. The molecule has 0 saturated carbocycles. The molecule has 0 amide bonds. The number of rotatable bonds is 4. The van der Waals surface area contributed by atoms with Crippen molar-refractivity contribution in [1.82, 2.24) is 10.6 Å². The molecule has 1 unspecified atom stereocenters. The highest BCUT2D eigenvalue weighted by Gasteiger charge is 2.11. The maximum atomic E-state index is 14.0. The van der Waals surface area contributed by atoms with Gasteiger partial charge in [-0.3, -0.25) is 4.99 Å². The van der Waals surface area contributed by atoms with Gasteiger partial charge >= 0.3 is 0 Å². The Hall–Kier alpha value is -3.39. The molecular weight excluding hydrogens is 339 g/mol. The number of benzene rings is 3. The smallest absolute Gasteiger partial charge is 0.191 e. The quantitative estimate of drug-likeness (QED) is 0.539. The summed E-state index contributed by atoms with van der Waals surface area (Å²) in [6.45, 7) is 2.30. The average Bonchev–Trinajstić information content (AvgIpc) is 2.71. The van der Waals surface area contributed by atoms with Crippen LogP contribution in [-0.4, -0.2) is 13.0 Å². The van der Waals surface area contributed by atoms with Crippen molar-refractivity contribution in [1.29, 1.82) is 5.26 Å². The number of fused-ring (bicyclic) bond motifs is 1. The Morgan fingerprint density at radius 1 is 1.15 bits per heavy atom. The molecule has 3 rings (SSSR count). The number of halogens is 1. The molecule has 4 nitrogen and oxygen atoms in total. The molecule has 0 aliphatic rings. The van der Waals surface area contributed by atoms with Crippen molar-refractivity contribution in [2.75, 3.05) is 7.05 Å². The lowest BCUT2D eigenvalue weighted by molar-refractivity contribution is 0.602. The van der Waals surface area contributed by atoms with E-state index in [0.717, 1.165) is 5.56 Å². The SMILES string of the molecule is CN=C(NCc1cc(C#N)ccc1F)NC(C)c1cccc2ccccc12. The van der Waals surface area contributed by atoms with Crippen molar-refractivity contribution in [3.63, 3.8) is 0 Å². The molecule has 2 N–H and O–H groups in total. The lowest BCUT2D eigenvalue weighted by atomic mass is 10.00. The van der Waals surface area contributed by atoms with Gasteiger partial charge in [0.25, 0.3) is 0 Å². The van der Waals surface area contributed by atoms with Gasteiger partial charge in [-0.05, 0) is 41.5 Å². The van der Waals surface area contributed by atoms with E-state index in [1.807, 2.05) is 24.3 Å². The molecule has 1 atom stereocenters. The minimum Gasteiger partial charge on any atom is -0.352 e. The largest absolute Gasteiger partial charge is 0.352 e. The standard InChI is InChI=1S/C22H21FN4/c1-15(19-9-5-7-17-6-3-4-8-20(17)19)27-22(25-2)26-14-18-12-16(13-24)10-11-21(18)23/h3-12,15H,14H2,1-2H3,(H2,25,26,27). The maximum Gasteiger partial charge on any atom is 0.191 e. The molecule has 0 radical (unpaired) electrons. The van der Waals surface area contributed by atoms with Gasteiger partial charge in [0.15, 0.2) is 5.96 Å². The number of hydrogen-bond donors (Lipinski definition) is 2. The summed E-state index contributed by atoms with van der Waals surface area (Å²) >= 11 is 0. The normalized spacial score (nSPS) is 12.4. The average molecular weight is 360 g/mol. The van der Waals surface area contributed by atoms with Crippen molar-refractivity contribution in [3.05, 3.63) is 83.2 Å². The van der Waals surface area contributed by atoms with Gasteiger partial charge in [-0.25, -0.2) is 4.39 Å². The van der Waals surface area contributed by atoms with Gasteiger partial charge in [0.1, 0.15) is 5.82 Å². The van der Waals surface area contributed by atoms with E-state index in [9.17, 15) is 4.39 Å². The first kappa shape index (κ1) is 18.4. The molecule has 3 aromatic rings. The molecule has 27 heavy (non-hydrogen) atoms. The Morgan fingerprint density at radius 3 is 2.70 bits per heavy atom. The van der Waals surface area contributed by atoms with Gasteiger partial charge in [-0.15, -0.1) is 0 Å². The zero-order valence-corrected chi connectivity index (χ0v) is 15.3. The molecule has 0 spiro atoms. The second-order valence-corrected chi connectivity index (χ2v) is 6.28. The van der Waals surface area contributed by atoms with Crippen LogP contribution in [0.4, 0.5) is 4.39 Å². The minimum absolute atomic E-state index is 0.0117. The molecule has 0 fully saturated rings. The van der Waals surface area contributed by atoms with E-state index in [1.165, 1.54) is 22.9 Å². The monoisotopic (exact) mass is 360 g/mol. The number of guanidine groups is 1. The van der Waals surface area contributed by atoms with E-state index in [-0.39, 0.29) is 18.4 Å². The number of nitriles is 1. The lowest BCUT2D eigenvalue weighted by Gasteiger charge is -2.20. The third-order valence-electron chi connectivity index (χ3n) is 4.49. The zero-order valence-electron chi connectivity index (χ0n) is 15.3. The number of nitrogens with zero attached hydrogens (tertiary/aromatic N) is 2. The topological polar surface area (TPSA) is 60.2 Å². The molecule has 0 heterocycles. The number of nitrogens with one attached hydrogen (secondary N) is 2. The fraction of sp³-hybridized carbons (Fsp3) is 0.182. The van der Waals surface area contributed by atoms with Gasteiger partial charge in [0.05, 0.1) is 17.7 Å². The minimum atomic E-state index is -0.348. The van der Waals surface area contributed by atoms with Crippen molar-refractivity contribution in [3.8, 4) is 6.07 Å². The van der Waals surface area contributed by atoms with Crippen LogP contribution in [-0.2, 0) is 6.54 Å². The molecule has 0 saturated heterocycles. The van der Waals surface area contributed by atoms with Gasteiger partial charge in [0, 0.05) is 19.2 Å². The third kappa shape index (κ3) is 4.24. The highest BCUT2D eigenvalue weighted by molar-refractivity contribution is 5.87. The lowest BCUT2D eigenvalue weighted by Crippen LogP contribution is -2.38. The molecule has 3 aromatic carbocycles. The predicted octanol–water partition coefficient (Wildman–Crippen LogP) is 4.28. The van der Waals surface area contributed by atoms with Gasteiger partial charge < -0.3 is 10.6 Å². The highest BCUT2D eigenvalue weighted by atomic mass is 19.1. The molecule has 5 heteroatoms. The summed E-state index contributed by atoms with van der Waals surface area (Å²) in [7, 11) is 1.67. The van der Waals surface area contributed by atoms with Crippen LogP contribution in [0.1, 0.15) is 29.7 Å². The fourth-order valence-electron chi connectivity index (χ4n) is 3.06. The summed E-state index contributed by atoms with van der Waals surface area (Å²) < 4.78 is 14.0. The number of hydrogen-bond acceptors (Lipinski definition) is 2. The maximum absolute atomic E-state index is 14.0. The Bertz CT molecular complexity index is 1010. The van der Waals surface area contributed by atoms with E-state index in [2.05, 4.69) is 46.8 Å². The van der Waals surface area contributed by atoms with Crippen molar-refractivity contribution in [2.45, 2.75) is 19.5 Å². The second-order valence-electron chi connectivity index (χ2n) is 6.28. The van der Waals surface area contributed by atoms with Crippen molar-refractivity contribution in [2.24, 2.45) is 4.99 Å². The fourth-order valence-corrected chi connectivity index (χ4v) is 3.06. The van der Waals surface area contributed by atoms with Gasteiger partial charge in [-0.1, -0.05) is 42.5 Å². The molecular formula is C22H21FN4. The molecule has 0 aliphatic heterocycles. The van der Waals surface area contributed by atoms with Gasteiger partial charge in [-0.2, -0.15) is 5.26 Å². The Balaban J connectivity index is 1.73. The summed E-state index contributed by atoms with van der Waals surface area (Å²) in [6, 6.07) is 20.8. The van der Waals surface area contributed by atoms with E-state index in [1.54, 1.807) is 13.1 Å². The van der Waals surface area contributed by atoms with Crippen molar-refractivity contribution < 1.29 is 4.39 Å². The Labute approximate surface area is 158 Å².